The van der Waals surface area contributed by atoms with Crippen LogP contribution in [0.25, 0.3) is 0 Å². The minimum atomic E-state index is -0.456. The molecular weight excluding hydrogens is 250 g/mol. The lowest BCUT2D eigenvalue weighted by Gasteiger charge is -2.34. The van der Waals surface area contributed by atoms with Crippen molar-refractivity contribution in [3.05, 3.63) is 0 Å². The van der Waals surface area contributed by atoms with E-state index in [1.54, 1.807) is 0 Å². The van der Waals surface area contributed by atoms with Gasteiger partial charge in [0.2, 0.25) is 0 Å². The fraction of sp³-hybridized carbons (Fsp3) is 0.941. The third-order valence-electron chi connectivity index (χ3n) is 4.35. The summed E-state index contributed by atoms with van der Waals surface area (Å²) in [6.45, 7) is 4.22. The van der Waals surface area contributed by atoms with Crippen molar-refractivity contribution in [2.75, 3.05) is 7.11 Å². The molecule has 0 aromatic carbocycles. The van der Waals surface area contributed by atoms with Crippen molar-refractivity contribution >= 4 is 5.97 Å². The maximum atomic E-state index is 12.4. The van der Waals surface area contributed by atoms with Gasteiger partial charge in [0.1, 0.15) is 5.54 Å². The molecule has 0 heterocycles. The monoisotopic (exact) mass is 283 g/mol. The van der Waals surface area contributed by atoms with E-state index in [4.69, 9.17) is 4.74 Å². The van der Waals surface area contributed by atoms with E-state index in [2.05, 4.69) is 19.2 Å². The Morgan fingerprint density at radius 1 is 0.900 bits per heavy atom. The van der Waals surface area contributed by atoms with Gasteiger partial charge in [0.05, 0.1) is 7.11 Å². The summed E-state index contributed by atoms with van der Waals surface area (Å²) in [5.74, 6) is -0.0664. The number of rotatable bonds is 3. The zero-order valence-corrected chi connectivity index (χ0v) is 13.7. The van der Waals surface area contributed by atoms with E-state index in [1.165, 1.54) is 52.1 Å². The molecule has 0 unspecified atom stereocenters. The third kappa shape index (κ3) is 5.82. The second-order valence-electron chi connectivity index (χ2n) is 6.55. The molecule has 1 aliphatic rings. The van der Waals surface area contributed by atoms with Crippen molar-refractivity contribution in [3.8, 4) is 0 Å². The van der Waals surface area contributed by atoms with E-state index in [-0.39, 0.29) is 5.97 Å². The fourth-order valence-electron chi connectivity index (χ4n) is 3.37. The highest BCUT2D eigenvalue weighted by atomic mass is 16.5. The first-order chi connectivity index (χ1) is 9.60. The summed E-state index contributed by atoms with van der Waals surface area (Å²) in [4.78, 5) is 12.4. The van der Waals surface area contributed by atoms with Crippen molar-refractivity contribution < 1.29 is 9.53 Å². The van der Waals surface area contributed by atoms with Crippen LogP contribution >= 0.6 is 0 Å². The molecule has 0 bridgehead atoms. The number of hydrogen-bond acceptors (Lipinski definition) is 3. The lowest BCUT2D eigenvalue weighted by Crippen LogP contribution is -2.55. The number of esters is 1. The van der Waals surface area contributed by atoms with Crippen molar-refractivity contribution in [3.63, 3.8) is 0 Å². The van der Waals surface area contributed by atoms with E-state index < -0.39 is 5.54 Å². The van der Waals surface area contributed by atoms with Gasteiger partial charge >= 0.3 is 5.97 Å². The summed E-state index contributed by atoms with van der Waals surface area (Å²) in [5, 5.41) is 3.52. The second kappa shape index (κ2) is 9.38. The molecule has 0 atom stereocenters. The average Bonchev–Trinajstić information content (AvgIpc) is 2.40. The minimum absolute atomic E-state index is 0.0664. The first-order valence-electron chi connectivity index (χ1n) is 8.47. The zero-order chi connectivity index (χ0) is 14.8. The molecule has 1 saturated carbocycles. The number of methoxy groups -OCH3 is 1. The van der Waals surface area contributed by atoms with Crippen LogP contribution in [0.3, 0.4) is 0 Å². The Labute approximate surface area is 124 Å². The number of hydrogen-bond donors (Lipinski definition) is 1. The predicted octanol–water partition coefficient (Wildman–Crippen LogP) is 4.20. The molecule has 1 rings (SSSR count). The first-order valence-corrected chi connectivity index (χ1v) is 8.47. The molecule has 0 spiro atoms. The smallest absolute Gasteiger partial charge is 0.326 e. The van der Waals surface area contributed by atoms with Crippen molar-refractivity contribution in [1.29, 1.82) is 0 Å². The lowest BCUT2D eigenvalue weighted by atomic mass is 9.85. The fourth-order valence-corrected chi connectivity index (χ4v) is 3.37. The van der Waals surface area contributed by atoms with Gasteiger partial charge in [-0.25, -0.2) is 0 Å². The van der Waals surface area contributed by atoms with Gasteiger partial charge in [-0.1, -0.05) is 57.8 Å². The van der Waals surface area contributed by atoms with E-state index in [0.717, 1.165) is 25.7 Å². The van der Waals surface area contributed by atoms with Gasteiger partial charge in [-0.2, -0.15) is 0 Å². The van der Waals surface area contributed by atoms with Crippen LogP contribution in [0.1, 0.15) is 84.5 Å². The molecule has 0 aliphatic heterocycles. The molecule has 3 heteroatoms. The molecule has 0 amide bonds. The Morgan fingerprint density at radius 2 is 1.30 bits per heavy atom. The summed E-state index contributed by atoms with van der Waals surface area (Å²) < 4.78 is 5.12. The van der Waals surface area contributed by atoms with E-state index in [9.17, 15) is 4.79 Å². The Bertz CT molecular complexity index is 264. The molecule has 20 heavy (non-hydrogen) atoms. The molecule has 0 saturated heterocycles. The van der Waals surface area contributed by atoms with Crippen LogP contribution in [0.2, 0.25) is 0 Å². The lowest BCUT2D eigenvalue weighted by molar-refractivity contribution is -0.150. The number of carbonyl (C=O) groups excluding carboxylic acids is 1. The van der Waals surface area contributed by atoms with Gasteiger partial charge in [0.15, 0.2) is 0 Å². The van der Waals surface area contributed by atoms with Crippen LogP contribution in [-0.4, -0.2) is 24.7 Å². The Balaban J connectivity index is 2.73. The Morgan fingerprint density at radius 3 is 1.65 bits per heavy atom. The molecule has 1 aliphatic carbocycles. The van der Waals surface area contributed by atoms with E-state index in [1.807, 2.05) is 0 Å². The minimum Gasteiger partial charge on any atom is -0.468 e. The molecular formula is C17H33NO2. The molecule has 3 nitrogen and oxygen atoms in total. The normalized spacial score (nSPS) is 21.8. The van der Waals surface area contributed by atoms with Crippen molar-refractivity contribution in [2.24, 2.45) is 0 Å². The summed E-state index contributed by atoms with van der Waals surface area (Å²) in [5.41, 5.74) is -0.456. The predicted molar refractivity (Wildman–Crippen MR) is 83.8 cm³/mol. The summed E-state index contributed by atoms with van der Waals surface area (Å²) >= 11 is 0. The van der Waals surface area contributed by atoms with Gasteiger partial charge in [0.25, 0.3) is 0 Å². The highest BCUT2D eigenvalue weighted by molar-refractivity contribution is 5.80. The first kappa shape index (κ1) is 17.5. The quantitative estimate of drug-likeness (QED) is 0.789. The molecule has 1 fully saturated rings. The van der Waals surface area contributed by atoms with Crippen LogP contribution in [0.15, 0.2) is 0 Å². The highest BCUT2D eigenvalue weighted by Gasteiger charge is 2.38. The van der Waals surface area contributed by atoms with Gasteiger partial charge in [-0.3, -0.25) is 10.1 Å². The van der Waals surface area contributed by atoms with Gasteiger partial charge < -0.3 is 4.74 Å². The van der Waals surface area contributed by atoms with Gasteiger partial charge in [-0.05, 0) is 26.7 Å². The van der Waals surface area contributed by atoms with Crippen LogP contribution in [-0.2, 0) is 9.53 Å². The van der Waals surface area contributed by atoms with Crippen LogP contribution in [0.5, 0.6) is 0 Å². The number of carbonyl (C=O) groups is 1. The third-order valence-corrected chi connectivity index (χ3v) is 4.35. The maximum Gasteiger partial charge on any atom is 0.326 e. The second-order valence-corrected chi connectivity index (χ2v) is 6.55. The summed E-state index contributed by atoms with van der Waals surface area (Å²) in [7, 11) is 1.52. The van der Waals surface area contributed by atoms with Crippen molar-refractivity contribution in [2.45, 2.75) is 96.1 Å². The van der Waals surface area contributed by atoms with Gasteiger partial charge in [-0.15, -0.1) is 0 Å². The molecule has 0 aromatic heterocycles. The number of nitrogens with one attached hydrogen (secondary N) is 1. The topological polar surface area (TPSA) is 38.3 Å². The van der Waals surface area contributed by atoms with Crippen LogP contribution in [0.4, 0.5) is 0 Å². The maximum absolute atomic E-state index is 12.4. The Kier molecular flexibility index (Phi) is 8.20. The molecule has 118 valence electrons. The SMILES string of the molecule is COC(=O)C1(NC(C)C)CCCCCCCCCCC1. The molecule has 1 N–H and O–H groups in total. The highest BCUT2D eigenvalue weighted by Crippen LogP contribution is 2.26. The van der Waals surface area contributed by atoms with Crippen molar-refractivity contribution in [1.82, 2.24) is 5.32 Å². The number of ether oxygens (including phenoxy) is 1. The molecule has 0 aromatic rings. The summed E-state index contributed by atoms with van der Waals surface area (Å²) in [6, 6.07) is 0.307. The Hall–Kier alpha value is -0.570. The van der Waals surface area contributed by atoms with E-state index >= 15 is 0 Å². The molecule has 0 radical (unpaired) electrons. The largest absolute Gasteiger partial charge is 0.468 e. The standard InChI is InChI=1S/C17H33NO2/c1-15(2)18-17(16(19)20-3)13-11-9-7-5-4-6-8-10-12-14-17/h15,18H,4-14H2,1-3H3. The average molecular weight is 283 g/mol. The summed E-state index contributed by atoms with van der Waals surface area (Å²) in [6.07, 6.45) is 13.2. The van der Waals surface area contributed by atoms with Gasteiger partial charge in [0, 0.05) is 6.04 Å². The van der Waals surface area contributed by atoms with E-state index in [0.29, 0.717) is 6.04 Å². The van der Waals surface area contributed by atoms with Crippen LogP contribution in [0, 0.1) is 0 Å². The zero-order valence-electron chi connectivity index (χ0n) is 13.7. The van der Waals surface area contributed by atoms with Crippen LogP contribution < -0.4 is 5.32 Å².